The number of nitriles is 1. The third kappa shape index (κ3) is 3.76. The van der Waals surface area contributed by atoms with E-state index in [2.05, 4.69) is 0 Å². The van der Waals surface area contributed by atoms with Crippen LogP contribution >= 0.6 is 0 Å². The molecule has 0 spiro atoms. The zero-order chi connectivity index (χ0) is 26.6. The fourth-order valence-electron chi connectivity index (χ4n) is 5.51. The molecule has 0 amide bonds. The lowest BCUT2D eigenvalue weighted by molar-refractivity contribution is -0.146. The Labute approximate surface area is 209 Å². The largest absolute Gasteiger partial charge is 0.494 e. The van der Waals surface area contributed by atoms with Gasteiger partial charge in [-0.2, -0.15) is 18.4 Å². The number of hydrogen-bond donors (Lipinski definition) is 4. The van der Waals surface area contributed by atoms with Crippen LogP contribution in [0.3, 0.4) is 0 Å². The highest BCUT2D eigenvalue weighted by Gasteiger charge is 2.68. The third-order valence-corrected chi connectivity index (χ3v) is 7.06. The third-order valence-electron chi connectivity index (χ3n) is 7.06. The van der Waals surface area contributed by atoms with Crippen LogP contribution in [0.15, 0.2) is 48.5 Å². The van der Waals surface area contributed by atoms with Crippen LogP contribution in [-0.4, -0.2) is 44.3 Å². The van der Waals surface area contributed by atoms with Crippen LogP contribution in [-0.2, 0) is 33.5 Å². The first-order valence-corrected chi connectivity index (χ1v) is 11.5. The van der Waals surface area contributed by atoms with Gasteiger partial charge in [0.1, 0.15) is 11.2 Å². The van der Waals surface area contributed by atoms with Crippen molar-refractivity contribution in [3.63, 3.8) is 0 Å². The first-order chi connectivity index (χ1) is 17.6. The van der Waals surface area contributed by atoms with Crippen LogP contribution < -0.4 is 0 Å². The number of alkyl halides is 3. The van der Waals surface area contributed by atoms with Crippen molar-refractivity contribution in [1.82, 2.24) is 4.57 Å². The molecule has 1 aromatic heterocycles. The number of ether oxygens (including phenoxy) is 2. The van der Waals surface area contributed by atoms with Crippen LogP contribution in [0.1, 0.15) is 40.7 Å². The maximum absolute atomic E-state index is 13.6. The van der Waals surface area contributed by atoms with Crippen molar-refractivity contribution in [2.75, 3.05) is 13.2 Å². The monoisotopic (exact) mass is 516 g/mol. The maximum atomic E-state index is 13.6. The first kappa shape index (κ1) is 25.1. The zero-order valence-electron chi connectivity index (χ0n) is 19.4. The number of nitrogens with zero attached hydrogens (tertiary/aromatic N) is 2. The molecule has 194 valence electrons. The van der Waals surface area contributed by atoms with Crippen LogP contribution in [0.4, 0.5) is 13.2 Å². The molecule has 3 atom stereocenters. The quantitative estimate of drug-likeness (QED) is 0.378. The van der Waals surface area contributed by atoms with Crippen molar-refractivity contribution >= 4 is 0 Å². The van der Waals surface area contributed by atoms with E-state index in [1.54, 1.807) is 0 Å². The summed E-state index contributed by atoms with van der Waals surface area (Å²) in [6.45, 7) is -0.391. The number of rotatable bonds is 7. The number of benzene rings is 2. The molecule has 0 aliphatic carbocycles. The maximum Gasteiger partial charge on any atom is 0.417 e. The normalized spacial score (nSPS) is 24.3. The number of halogens is 3. The average molecular weight is 516 g/mol. The van der Waals surface area contributed by atoms with E-state index in [1.807, 2.05) is 30.3 Å². The Bertz CT molecular complexity index is 1380. The molecule has 2 aliphatic rings. The fourth-order valence-corrected chi connectivity index (χ4v) is 5.51. The van der Waals surface area contributed by atoms with Gasteiger partial charge in [0.15, 0.2) is 0 Å². The smallest absolute Gasteiger partial charge is 0.417 e. The summed E-state index contributed by atoms with van der Waals surface area (Å²) in [7, 11) is 0. The second-order valence-corrected chi connectivity index (χ2v) is 9.23. The second kappa shape index (κ2) is 8.78. The Morgan fingerprint density at radius 2 is 1.81 bits per heavy atom. The van der Waals surface area contributed by atoms with Gasteiger partial charge in [0.25, 0.3) is 0 Å². The highest BCUT2D eigenvalue weighted by Crippen LogP contribution is 2.65. The van der Waals surface area contributed by atoms with Crippen LogP contribution in [0, 0.1) is 11.3 Å². The number of aromatic hydroxyl groups is 2. The van der Waals surface area contributed by atoms with Gasteiger partial charge in [-0.15, -0.1) is 0 Å². The van der Waals surface area contributed by atoms with E-state index in [0.717, 1.165) is 16.2 Å². The molecular formula is C26H23F3N2O6. The van der Waals surface area contributed by atoms with Gasteiger partial charge >= 0.3 is 6.18 Å². The van der Waals surface area contributed by atoms with Crippen molar-refractivity contribution in [2.45, 2.75) is 42.9 Å². The van der Waals surface area contributed by atoms with Crippen LogP contribution in [0.2, 0.25) is 0 Å². The SMILES string of the molecule is N#Cc1ccc(-n2c(O)c3c(c2O)[C@@]2(CCO)O[C@]3(COCc3ccccc3)C[C@@H]2O)cc1C(F)(F)F. The number of hydrogen-bond acceptors (Lipinski definition) is 7. The van der Waals surface area contributed by atoms with Gasteiger partial charge in [0.05, 0.1) is 53.3 Å². The molecule has 2 aliphatic heterocycles. The van der Waals surface area contributed by atoms with Crippen molar-refractivity contribution in [1.29, 1.82) is 5.26 Å². The molecule has 5 rings (SSSR count). The van der Waals surface area contributed by atoms with Gasteiger partial charge in [-0.1, -0.05) is 30.3 Å². The minimum atomic E-state index is -4.86. The molecule has 11 heteroatoms. The Morgan fingerprint density at radius 3 is 2.46 bits per heavy atom. The van der Waals surface area contributed by atoms with E-state index in [4.69, 9.17) is 14.7 Å². The fraction of sp³-hybridized carbons (Fsp3) is 0.346. The molecule has 1 saturated heterocycles. The minimum Gasteiger partial charge on any atom is -0.494 e. The van der Waals surface area contributed by atoms with E-state index in [-0.39, 0.29) is 42.9 Å². The summed E-state index contributed by atoms with van der Waals surface area (Å²) in [5, 5.41) is 52.3. The Balaban J connectivity index is 1.62. The molecule has 2 bridgehead atoms. The molecule has 2 aromatic carbocycles. The first-order valence-electron chi connectivity index (χ1n) is 11.5. The molecule has 4 N–H and O–H groups in total. The molecule has 3 heterocycles. The summed E-state index contributed by atoms with van der Waals surface area (Å²) in [4.78, 5) is 0. The summed E-state index contributed by atoms with van der Waals surface area (Å²) >= 11 is 0. The molecule has 37 heavy (non-hydrogen) atoms. The lowest BCUT2D eigenvalue weighted by atomic mass is 9.75. The van der Waals surface area contributed by atoms with E-state index in [9.17, 15) is 33.6 Å². The predicted molar refractivity (Wildman–Crippen MR) is 122 cm³/mol. The van der Waals surface area contributed by atoms with Crippen molar-refractivity contribution < 1.29 is 43.1 Å². The molecule has 1 fully saturated rings. The second-order valence-electron chi connectivity index (χ2n) is 9.23. The Hall–Kier alpha value is -3.56. The van der Waals surface area contributed by atoms with Gasteiger partial charge in [-0.05, 0) is 23.8 Å². The standard InChI is InChI=1S/C26H23F3N2O6/c27-26(28,29)18-10-17(7-6-16(18)12-30)31-22(34)20-21(23(31)35)25(8-9-32)19(33)11-24(20,37-25)14-36-13-15-4-2-1-3-5-15/h1-7,10,19,32-35H,8-9,11,13-14H2/t19-,24-,25-/m0/s1. The molecule has 3 aromatic rings. The summed E-state index contributed by atoms with van der Waals surface area (Å²) in [5.74, 6) is -1.22. The molecule has 8 nitrogen and oxygen atoms in total. The lowest BCUT2D eigenvalue weighted by Crippen LogP contribution is -2.37. The topological polar surface area (TPSA) is 128 Å². The van der Waals surface area contributed by atoms with Gasteiger partial charge in [-0.3, -0.25) is 4.57 Å². The van der Waals surface area contributed by atoms with Gasteiger partial charge in [0.2, 0.25) is 11.8 Å². The summed E-state index contributed by atoms with van der Waals surface area (Å²) in [6, 6.07) is 13.5. The van der Waals surface area contributed by atoms with Crippen molar-refractivity contribution in [2.24, 2.45) is 0 Å². The number of fused-ring (bicyclic) bond motifs is 5. The highest BCUT2D eigenvalue weighted by atomic mass is 19.4. The van der Waals surface area contributed by atoms with Crippen molar-refractivity contribution in [3.8, 4) is 23.5 Å². The van der Waals surface area contributed by atoms with E-state index < -0.39 is 53.0 Å². The molecule has 0 radical (unpaired) electrons. The summed E-state index contributed by atoms with van der Waals surface area (Å²) < 4.78 is 53.7. The van der Waals surface area contributed by atoms with E-state index in [1.165, 1.54) is 12.1 Å². The van der Waals surface area contributed by atoms with Gasteiger partial charge in [0, 0.05) is 19.4 Å². The van der Waals surface area contributed by atoms with E-state index in [0.29, 0.717) is 6.07 Å². The Kier molecular flexibility index (Phi) is 5.96. The molecule has 0 unspecified atom stereocenters. The number of aromatic nitrogens is 1. The zero-order valence-corrected chi connectivity index (χ0v) is 19.4. The van der Waals surface area contributed by atoms with Crippen LogP contribution in [0.5, 0.6) is 11.8 Å². The molecule has 0 saturated carbocycles. The van der Waals surface area contributed by atoms with Crippen molar-refractivity contribution in [3.05, 3.63) is 76.3 Å². The minimum absolute atomic E-state index is 0.0148. The lowest BCUT2D eigenvalue weighted by Gasteiger charge is -2.29. The number of aliphatic hydroxyl groups excluding tert-OH is 2. The average Bonchev–Trinajstić information content (AvgIpc) is 3.41. The molecular weight excluding hydrogens is 493 g/mol. The van der Waals surface area contributed by atoms with E-state index >= 15 is 0 Å². The summed E-state index contributed by atoms with van der Waals surface area (Å²) in [5.41, 5.74) is -4.20. The summed E-state index contributed by atoms with van der Waals surface area (Å²) in [6.07, 6.45) is -6.22. The van der Waals surface area contributed by atoms with Crippen LogP contribution in [0.25, 0.3) is 5.69 Å². The predicted octanol–water partition coefficient (Wildman–Crippen LogP) is 3.56. The Morgan fingerprint density at radius 1 is 1.11 bits per heavy atom. The number of aliphatic hydroxyl groups is 2. The van der Waals surface area contributed by atoms with Gasteiger partial charge < -0.3 is 29.9 Å². The van der Waals surface area contributed by atoms with Gasteiger partial charge in [-0.25, -0.2) is 0 Å². The highest BCUT2D eigenvalue weighted by molar-refractivity contribution is 5.63.